The van der Waals surface area contributed by atoms with Gasteiger partial charge in [-0.1, -0.05) is 31.2 Å². The van der Waals surface area contributed by atoms with Crippen molar-refractivity contribution in [2.75, 3.05) is 39.9 Å². The largest absolute Gasteiger partial charge is 0.383 e. The van der Waals surface area contributed by atoms with Crippen LogP contribution in [0.5, 0.6) is 0 Å². The van der Waals surface area contributed by atoms with Gasteiger partial charge in [0.1, 0.15) is 0 Å². The van der Waals surface area contributed by atoms with Crippen LogP contribution < -0.4 is 5.32 Å². The fraction of sp³-hybridized carbons (Fsp3) is 0.647. The molecule has 1 atom stereocenters. The number of benzene rings is 1. The van der Waals surface area contributed by atoms with Gasteiger partial charge in [-0.05, 0) is 36.9 Å². The molecule has 0 radical (unpaired) electrons. The van der Waals surface area contributed by atoms with E-state index < -0.39 is 0 Å². The van der Waals surface area contributed by atoms with E-state index in [2.05, 4.69) is 41.4 Å². The lowest BCUT2D eigenvalue weighted by Crippen LogP contribution is -2.46. The second kappa shape index (κ2) is 8.40. The van der Waals surface area contributed by atoms with E-state index in [9.17, 15) is 0 Å². The molecular formula is C17H28N2O. The lowest BCUT2D eigenvalue weighted by Gasteiger charge is -2.30. The monoisotopic (exact) mass is 276 g/mol. The summed E-state index contributed by atoms with van der Waals surface area (Å²) in [6.07, 6.45) is 3.50. The van der Waals surface area contributed by atoms with Gasteiger partial charge in [-0.25, -0.2) is 0 Å². The molecule has 1 aliphatic rings. The molecule has 112 valence electrons. The van der Waals surface area contributed by atoms with Gasteiger partial charge in [-0.3, -0.25) is 4.90 Å². The van der Waals surface area contributed by atoms with E-state index in [4.69, 9.17) is 4.74 Å². The smallest absolute Gasteiger partial charge is 0.0630 e. The summed E-state index contributed by atoms with van der Waals surface area (Å²) >= 11 is 0. The molecule has 3 heteroatoms. The average molecular weight is 276 g/mol. The zero-order valence-electron chi connectivity index (χ0n) is 12.9. The maximum absolute atomic E-state index is 5.42. The zero-order chi connectivity index (χ0) is 14.2. The van der Waals surface area contributed by atoms with E-state index >= 15 is 0 Å². The molecule has 0 saturated carbocycles. The number of rotatable bonds is 7. The molecule has 1 heterocycles. The molecule has 0 fully saturated rings. The van der Waals surface area contributed by atoms with E-state index in [0.29, 0.717) is 6.04 Å². The Hall–Kier alpha value is -0.900. The number of nitrogens with zero attached hydrogens (tertiary/aromatic N) is 1. The average Bonchev–Trinajstić information content (AvgIpc) is 2.69. The van der Waals surface area contributed by atoms with E-state index in [1.807, 2.05) is 0 Å². The van der Waals surface area contributed by atoms with E-state index in [0.717, 1.165) is 45.6 Å². The van der Waals surface area contributed by atoms with Crippen molar-refractivity contribution in [3.05, 3.63) is 35.4 Å². The number of fused-ring (bicyclic) bond motifs is 1. The third-order valence-electron chi connectivity index (χ3n) is 4.14. The minimum absolute atomic E-state index is 0.487. The van der Waals surface area contributed by atoms with Crippen LogP contribution in [0.2, 0.25) is 0 Å². The van der Waals surface area contributed by atoms with Crippen LogP contribution in [0.1, 0.15) is 24.5 Å². The summed E-state index contributed by atoms with van der Waals surface area (Å²) in [4.78, 5) is 2.59. The summed E-state index contributed by atoms with van der Waals surface area (Å²) in [5.74, 6) is 0. The third kappa shape index (κ3) is 4.30. The highest BCUT2D eigenvalue weighted by Crippen LogP contribution is 2.17. The van der Waals surface area contributed by atoms with Crippen molar-refractivity contribution in [3.8, 4) is 0 Å². The summed E-state index contributed by atoms with van der Waals surface area (Å²) in [6.45, 7) is 7.41. The van der Waals surface area contributed by atoms with Crippen molar-refractivity contribution in [3.63, 3.8) is 0 Å². The number of ether oxygens (including phenoxy) is 1. The molecule has 3 nitrogen and oxygen atoms in total. The molecular weight excluding hydrogens is 248 g/mol. The second-order valence-electron chi connectivity index (χ2n) is 5.62. The molecule has 0 saturated heterocycles. The molecule has 0 bridgehead atoms. The third-order valence-corrected chi connectivity index (χ3v) is 4.14. The molecule has 1 aromatic carbocycles. The van der Waals surface area contributed by atoms with Crippen LogP contribution in [0.25, 0.3) is 0 Å². The Kier molecular flexibility index (Phi) is 6.51. The lowest BCUT2D eigenvalue weighted by molar-refractivity contribution is 0.0919. The molecule has 0 spiro atoms. The van der Waals surface area contributed by atoms with Gasteiger partial charge in [0.25, 0.3) is 0 Å². The highest BCUT2D eigenvalue weighted by Gasteiger charge is 2.21. The Morgan fingerprint density at radius 1 is 1.20 bits per heavy atom. The van der Waals surface area contributed by atoms with Crippen molar-refractivity contribution >= 4 is 0 Å². The number of methoxy groups -OCH3 is 1. The molecule has 1 unspecified atom stereocenters. The fourth-order valence-corrected chi connectivity index (χ4v) is 2.98. The lowest BCUT2D eigenvalue weighted by atomic mass is 10.0. The van der Waals surface area contributed by atoms with Crippen LogP contribution >= 0.6 is 0 Å². The maximum atomic E-state index is 5.42. The zero-order valence-corrected chi connectivity index (χ0v) is 12.9. The fourth-order valence-electron chi connectivity index (χ4n) is 2.98. The van der Waals surface area contributed by atoms with Gasteiger partial charge >= 0.3 is 0 Å². The molecule has 1 aromatic rings. The first-order chi connectivity index (χ1) is 9.85. The van der Waals surface area contributed by atoms with Crippen LogP contribution in [-0.2, 0) is 17.6 Å². The van der Waals surface area contributed by atoms with Crippen LogP contribution in [0, 0.1) is 0 Å². The normalized spacial score (nSPS) is 17.5. The Bertz CT molecular complexity index is 367. The van der Waals surface area contributed by atoms with Gasteiger partial charge in [0.15, 0.2) is 0 Å². The SMILES string of the molecule is CCCNCC(COC)N1CCc2ccccc2CC1. The van der Waals surface area contributed by atoms with E-state index in [-0.39, 0.29) is 0 Å². The van der Waals surface area contributed by atoms with E-state index in [1.165, 1.54) is 17.5 Å². The number of hydrogen-bond donors (Lipinski definition) is 1. The van der Waals surface area contributed by atoms with Crippen LogP contribution in [0.3, 0.4) is 0 Å². The van der Waals surface area contributed by atoms with Crippen LogP contribution in [0.15, 0.2) is 24.3 Å². The summed E-state index contributed by atoms with van der Waals surface area (Å²) in [5.41, 5.74) is 3.04. The molecule has 0 amide bonds. The second-order valence-corrected chi connectivity index (χ2v) is 5.62. The first-order valence-corrected chi connectivity index (χ1v) is 7.85. The molecule has 1 N–H and O–H groups in total. The maximum Gasteiger partial charge on any atom is 0.0630 e. The molecule has 2 rings (SSSR count). The van der Waals surface area contributed by atoms with Crippen molar-refractivity contribution < 1.29 is 4.74 Å². The van der Waals surface area contributed by atoms with Crippen molar-refractivity contribution in [2.24, 2.45) is 0 Å². The number of nitrogens with one attached hydrogen (secondary N) is 1. The summed E-state index contributed by atoms with van der Waals surface area (Å²) in [6, 6.07) is 9.35. The standard InChI is InChI=1S/C17H28N2O/c1-3-10-18-13-17(14-20-2)19-11-8-15-6-4-5-7-16(15)9-12-19/h4-7,17-18H,3,8-14H2,1-2H3. The first kappa shape index (κ1) is 15.5. The quantitative estimate of drug-likeness (QED) is 0.772. The van der Waals surface area contributed by atoms with E-state index in [1.54, 1.807) is 7.11 Å². The Morgan fingerprint density at radius 2 is 1.85 bits per heavy atom. The first-order valence-electron chi connectivity index (χ1n) is 7.85. The molecule has 0 aliphatic carbocycles. The molecule has 1 aliphatic heterocycles. The highest BCUT2D eigenvalue weighted by molar-refractivity contribution is 5.28. The Labute approximate surface area is 123 Å². The van der Waals surface area contributed by atoms with Crippen molar-refractivity contribution in [1.82, 2.24) is 10.2 Å². The van der Waals surface area contributed by atoms with Gasteiger partial charge in [0, 0.05) is 32.8 Å². The van der Waals surface area contributed by atoms with Gasteiger partial charge in [-0.15, -0.1) is 0 Å². The topological polar surface area (TPSA) is 24.5 Å². The predicted molar refractivity (Wildman–Crippen MR) is 84.2 cm³/mol. The van der Waals surface area contributed by atoms with Gasteiger partial charge in [0.05, 0.1) is 6.61 Å². The summed E-state index contributed by atoms with van der Waals surface area (Å²) in [5, 5.41) is 3.54. The Balaban J connectivity index is 1.94. The minimum atomic E-state index is 0.487. The molecule has 0 aromatic heterocycles. The summed E-state index contributed by atoms with van der Waals surface area (Å²) in [7, 11) is 1.80. The highest BCUT2D eigenvalue weighted by atomic mass is 16.5. The molecule has 20 heavy (non-hydrogen) atoms. The number of hydrogen-bond acceptors (Lipinski definition) is 3. The summed E-state index contributed by atoms with van der Waals surface area (Å²) < 4.78 is 5.42. The van der Waals surface area contributed by atoms with Gasteiger partial charge < -0.3 is 10.1 Å². The Morgan fingerprint density at radius 3 is 2.40 bits per heavy atom. The van der Waals surface area contributed by atoms with Gasteiger partial charge in [-0.2, -0.15) is 0 Å². The van der Waals surface area contributed by atoms with Crippen LogP contribution in [-0.4, -0.2) is 50.8 Å². The van der Waals surface area contributed by atoms with Crippen molar-refractivity contribution in [1.29, 1.82) is 0 Å². The van der Waals surface area contributed by atoms with Gasteiger partial charge in [0.2, 0.25) is 0 Å². The minimum Gasteiger partial charge on any atom is -0.383 e. The van der Waals surface area contributed by atoms with Crippen molar-refractivity contribution in [2.45, 2.75) is 32.2 Å². The van der Waals surface area contributed by atoms with Crippen LogP contribution in [0.4, 0.5) is 0 Å². The predicted octanol–water partition coefficient (Wildman–Crippen LogP) is 2.10.